The molecule has 2 unspecified atom stereocenters. The molecule has 1 rings (SSSR count). The molecular weight excluding hydrogens is 198 g/mol. The highest BCUT2D eigenvalue weighted by Gasteiger charge is 2.26. The predicted octanol–water partition coefficient (Wildman–Crippen LogP) is 0.821. The van der Waals surface area contributed by atoms with E-state index in [1.54, 1.807) is 0 Å². The molecule has 1 heterocycles. The molecule has 0 saturated carbocycles. The maximum atomic E-state index is 9.89. The van der Waals surface area contributed by atoms with Gasteiger partial charge in [0.25, 0.3) is 0 Å². The fourth-order valence-electron chi connectivity index (χ4n) is 1.57. The van der Waals surface area contributed by atoms with Crippen LogP contribution in [0.2, 0.25) is 0 Å². The van der Waals surface area contributed by atoms with Crippen molar-refractivity contribution in [1.29, 1.82) is 0 Å². The third kappa shape index (κ3) is 3.77. The van der Waals surface area contributed by atoms with Crippen LogP contribution >= 0.6 is 11.8 Å². The van der Waals surface area contributed by atoms with E-state index in [2.05, 4.69) is 18.9 Å². The lowest BCUT2D eigenvalue weighted by Crippen LogP contribution is -2.48. The van der Waals surface area contributed by atoms with Crippen LogP contribution in [0.5, 0.6) is 0 Å². The third-order valence-corrected chi connectivity index (χ3v) is 3.57. The van der Waals surface area contributed by atoms with Crippen molar-refractivity contribution in [2.45, 2.75) is 25.5 Å². The predicted molar refractivity (Wildman–Crippen MR) is 60.9 cm³/mol. The number of hydrogen-bond donors (Lipinski definition) is 1. The maximum absolute atomic E-state index is 9.89. The van der Waals surface area contributed by atoms with Crippen LogP contribution in [0.4, 0.5) is 0 Å². The van der Waals surface area contributed by atoms with E-state index in [1.807, 2.05) is 11.8 Å². The Hall–Kier alpha value is 0.230. The summed E-state index contributed by atoms with van der Waals surface area (Å²) in [7, 11) is 2.08. The molecular formula is C10H21NO2S. The molecule has 4 heteroatoms. The van der Waals surface area contributed by atoms with E-state index in [4.69, 9.17) is 4.74 Å². The summed E-state index contributed by atoms with van der Waals surface area (Å²) < 4.78 is 5.36. The maximum Gasteiger partial charge on any atom is 0.0936 e. The van der Waals surface area contributed by atoms with Crippen LogP contribution in [-0.2, 0) is 4.74 Å². The number of aliphatic hydroxyl groups excluding tert-OH is 1. The standard InChI is InChI=1S/C10H21NO2S/c1-3-5-13-7-10(12)9-8-14-6-4-11(9)2/h9-10,12H,3-8H2,1-2H3. The molecule has 84 valence electrons. The molecule has 0 aromatic carbocycles. The lowest BCUT2D eigenvalue weighted by Gasteiger charge is -2.35. The van der Waals surface area contributed by atoms with E-state index in [9.17, 15) is 5.11 Å². The summed E-state index contributed by atoms with van der Waals surface area (Å²) in [5, 5.41) is 9.89. The Labute approximate surface area is 90.8 Å². The van der Waals surface area contributed by atoms with Gasteiger partial charge in [-0.25, -0.2) is 0 Å². The van der Waals surface area contributed by atoms with Gasteiger partial charge in [0, 0.05) is 30.7 Å². The van der Waals surface area contributed by atoms with Crippen LogP contribution in [0, 0.1) is 0 Å². The van der Waals surface area contributed by atoms with Crippen molar-refractivity contribution in [3.05, 3.63) is 0 Å². The number of rotatable bonds is 5. The van der Waals surface area contributed by atoms with Crippen molar-refractivity contribution < 1.29 is 9.84 Å². The molecule has 0 amide bonds. The van der Waals surface area contributed by atoms with E-state index in [0.29, 0.717) is 6.61 Å². The SMILES string of the molecule is CCCOCC(O)C1CSCCN1C. The van der Waals surface area contributed by atoms with Gasteiger partial charge in [0.05, 0.1) is 12.7 Å². The molecule has 0 aliphatic carbocycles. The fraction of sp³-hybridized carbons (Fsp3) is 1.00. The quantitative estimate of drug-likeness (QED) is 0.694. The summed E-state index contributed by atoms with van der Waals surface area (Å²) >= 11 is 1.92. The van der Waals surface area contributed by atoms with E-state index < -0.39 is 0 Å². The normalized spacial score (nSPS) is 26.4. The number of thioether (sulfide) groups is 1. The second-order valence-corrected chi connectivity index (χ2v) is 4.91. The van der Waals surface area contributed by atoms with Gasteiger partial charge < -0.3 is 9.84 Å². The van der Waals surface area contributed by atoms with E-state index >= 15 is 0 Å². The molecule has 1 aliphatic heterocycles. The van der Waals surface area contributed by atoms with E-state index in [0.717, 1.165) is 25.3 Å². The first-order valence-electron chi connectivity index (χ1n) is 5.29. The zero-order chi connectivity index (χ0) is 10.4. The van der Waals surface area contributed by atoms with E-state index in [1.165, 1.54) is 5.75 Å². The molecule has 1 saturated heterocycles. The Balaban J connectivity index is 2.23. The lowest BCUT2D eigenvalue weighted by atomic mass is 10.1. The Kier molecular flexibility index (Phi) is 5.86. The Morgan fingerprint density at radius 2 is 2.43 bits per heavy atom. The van der Waals surface area contributed by atoms with Crippen LogP contribution in [0.3, 0.4) is 0 Å². The fourth-order valence-corrected chi connectivity index (χ4v) is 2.87. The zero-order valence-corrected chi connectivity index (χ0v) is 9.92. The molecule has 0 bridgehead atoms. The van der Waals surface area contributed by atoms with Crippen molar-refractivity contribution in [2.24, 2.45) is 0 Å². The van der Waals surface area contributed by atoms with Gasteiger partial charge in [-0.3, -0.25) is 4.90 Å². The average Bonchev–Trinajstić information content (AvgIpc) is 2.18. The Morgan fingerprint density at radius 3 is 3.07 bits per heavy atom. The minimum Gasteiger partial charge on any atom is -0.389 e. The molecule has 2 atom stereocenters. The smallest absolute Gasteiger partial charge is 0.0936 e. The van der Waals surface area contributed by atoms with Crippen LogP contribution in [0.25, 0.3) is 0 Å². The van der Waals surface area contributed by atoms with Gasteiger partial charge in [-0.1, -0.05) is 6.92 Å². The van der Waals surface area contributed by atoms with E-state index in [-0.39, 0.29) is 12.1 Å². The topological polar surface area (TPSA) is 32.7 Å². The number of hydrogen-bond acceptors (Lipinski definition) is 4. The molecule has 1 fully saturated rings. The molecule has 0 spiro atoms. The van der Waals surface area contributed by atoms with Gasteiger partial charge in [0.2, 0.25) is 0 Å². The van der Waals surface area contributed by atoms with Crippen molar-refractivity contribution >= 4 is 11.8 Å². The van der Waals surface area contributed by atoms with Crippen LogP contribution in [0.1, 0.15) is 13.3 Å². The van der Waals surface area contributed by atoms with Crippen LogP contribution in [-0.4, -0.2) is 60.5 Å². The molecule has 3 nitrogen and oxygen atoms in total. The number of aliphatic hydroxyl groups is 1. The Morgan fingerprint density at radius 1 is 1.64 bits per heavy atom. The first-order chi connectivity index (χ1) is 6.75. The van der Waals surface area contributed by atoms with Crippen molar-refractivity contribution in [3.63, 3.8) is 0 Å². The number of ether oxygens (including phenoxy) is 1. The monoisotopic (exact) mass is 219 g/mol. The lowest BCUT2D eigenvalue weighted by molar-refractivity contribution is -0.00471. The molecule has 14 heavy (non-hydrogen) atoms. The minimum absolute atomic E-state index is 0.269. The van der Waals surface area contributed by atoms with Crippen LogP contribution < -0.4 is 0 Å². The minimum atomic E-state index is -0.334. The summed E-state index contributed by atoms with van der Waals surface area (Å²) in [6, 6.07) is 0.269. The van der Waals surface area contributed by atoms with Gasteiger partial charge in [0.15, 0.2) is 0 Å². The second-order valence-electron chi connectivity index (χ2n) is 3.77. The number of likely N-dealkylation sites (N-methyl/N-ethyl adjacent to an activating group) is 1. The van der Waals surface area contributed by atoms with Crippen molar-refractivity contribution in [2.75, 3.05) is 38.3 Å². The summed E-state index contributed by atoms with van der Waals surface area (Å²) in [6.07, 6.45) is 0.682. The first kappa shape index (κ1) is 12.3. The summed E-state index contributed by atoms with van der Waals surface area (Å²) in [6.45, 7) is 4.37. The van der Waals surface area contributed by atoms with Gasteiger partial charge >= 0.3 is 0 Å². The summed E-state index contributed by atoms with van der Waals surface area (Å²) in [5.74, 6) is 2.20. The van der Waals surface area contributed by atoms with Crippen molar-refractivity contribution in [1.82, 2.24) is 4.90 Å². The average molecular weight is 219 g/mol. The highest BCUT2D eigenvalue weighted by Crippen LogP contribution is 2.17. The highest BCUT2D eigenvalue weighted by atomic mass is 32.2. The Bertz CT molecular complexity index is 157. The molecule has 0 aromatic rings. The van der Waals surface area contributed by atoms with Gasteiger partial charge in [-0.15, -0.1) is 0 Å². The van der Waals surface area contributed by atoms with Crippen molar-refractivity contribution in [3.8, 4) is 0 Å². The highest BCUT2D eigenvalue weighted by molar-refractivity contribution is 7.99. The molecule has 0 radical (unpaired) electrons. The molecule has 0 aromatic heterocycles. The van der Waals surface area contributed by atoms with Crippen LogP contribution in [0.15, 0.2) is 0 Å². The molecule has 1 aliphatic rings. The van der Waals surface area contributed by atoms with Gasteiger partial charge in [-0.05, 0) is 13.5 Å². The van der Waals surface area contributed by atoms with Gasteiger partial charge in [-0.2, -0.15) is 11.8 Å². The van der Waals surface area contributed by atoms with Gasteiger partial charge in [0.1, 0.15) is 0 Å². The second kappa shape index (κ2) is 6.67. The number of nitrogens with zero attached hydrogens (tertiary/aromatic N) is 1. The third-order valence-electron chi connectivity index (χ3n) is 2.52. The summed E-state index contributed by atoms with van der Waals surface area (Å²) in [5.41, 5.74) is 0. The zero-order valence-electron chi connectivity index (χ0n) is 9.11. The molecule has 1 N–H and O–H groups in total. The largest absolute Gasteiger partial charge is 0.389 e. The summed E-state index contributed by atoms with van der Waals surface area (Å²) in [4.78, 5) is 2.23. The first-order valence-corrected chi connectivity index (χ1v) is 6.45.